The smallest absolute Gasteiger partial charge is 0.309 e. The van der Waals surface area contributed by atoms with Crippen LogP contribution < -0.4 is 10.6 Å². The van der Waals surface area contributed by atoms with E-state index in [0.717, 1.165) is 12.8 Å². The van der Waals surface area contributed by atoms with Crippen LogP contribution in [-0.4, -0.2) is 49.8 Å². The molecule has 0 fully saturated rings. The Morgan fingerprint density at radius 2 is 1.75 bits per heavy atom. The maximum Gasteiger partial charge on any atom is 0.309 e. The van der Waals surface area contributed by atoms with Crippen molar-refractivity contribution < 1.29 is 19.4 Å². The molecule has 0 bridgehead atoms. The highest BCUT2D eigenvalue weighted by Gasteiger charge is 2.10. The van der Waals surface area contributed by atoms with Crippen molar-refractivity contribution in [2.75, 3.05) is 32.9 Å². The van der Waals surface area contributed by atoms with Crippen molar-refractivity contribution in [2.24, 2.45) is 0 Å². The van der Waals surface area contributed by atoms with E-state index in [1.54, 1.807) is 0 Å². The fourth-order valence-electron chi connectivity index (χ4n) is 0.943. The predicted octanol–water partition coefficient (Wildman–Crippen LogP) is -0.972. The van der Waals surface area contributed by atoms with Gasteiger partial charge in [0, 0.05) is 13.1 Å². The number of aliphatic hydroxyl groups excluding tert-OH is 1. The molecule has 3 N–H and O–H groups in total. The first-order valence-corrected chi connectivity index (χ1v) is 5.47. The van der Waals surface area contributed by atoms with Gasteiger partial charge in [-0.25, -0.2) is 0 Å². The van der Waals surface area contributed by atoms with Crippen molar-refractivity contribution >= 4 is 11.8 Å². The molecule has 0 spiro atoms. The Morgan fingerprint density at radius 1 is 1.12 bits per heavy atom. The lowest BCUT2D eigenvalue weighted by Gasteiger charge is -2.06. The third-order valence-corrected chi connectivity index (χ3v) is 1.79. The molecule has 0 aromatic heterocycles. The first-order chi connectivity index (χ1) is 7.72. The van der Waals surface area contributed by atoms with Gasteiger partial charge in [-0.15, -0.1) is 0 Å². The lowest BCUT2D eigenvalue weighted by Crippen LogP contribution is -2.41. The van der Waals surface area contributed by atoms with Crippen LogP contribution in [0.15, 0.2) is 0 Å². The van der Waals surface area contributed by atoms with Crippen molar-refractivity contribution in [2.45, 2.75) is 19.8 Å². The molecular weight excluding hydrogens is 212 g/mol. The third-order valence-electron chi connectivity index (χ3n) is 1.79. The number of unbranched alkanes of at least 4 members (excludes halogenated alkanes) is 1. The van der Waals surface area contributed by atoms with Crippen LogP contribution in [0.2, 0.25) is 0 Å². The lowest BCUT2D eigenvalue weighted by atomic mass is 10.3. The van der Waals surface area contributed by atoms with Crippen LogP contribution in [0.5, 0.6) is 0 Å². The Morgan fingerprint density at radius 3 is 2.31 bits per heavy atom. The van der Waals surface area contributed by atoms with Gasteiger partial charge in [0.2, 0.25) is 0 Å². The van der Waals surface area contributed by atoms with Crippen LogP contribution in [0.4, 0.5) is 0 Å². The largest absolute Gasteiger partial charge is 0.394 e. The maximum atomic E-state index is 11.1. The average molecular weight is 232 g/mol. The highest BCUT2D eigenvalue weighted by atomic mass is 16.5. The molecule has 2 amide bonds. The van der Waals surface area contributed by atoms with E-state index in [4.69, 9.17) is 9.84 Å². The SMILES string of the molecule is CCCCNC(=O)C(=O)NCCOCCO. The first kappa shape index (κ1) is 14.9. The second-order valence-electron chi connectivity index (χ2n) is 3.20. The number of hydrogen-bond acceptors (Lipinski definition) is 4. The highest BCUT2D eigenvalue weighted by Crippen LogP contribution is 1.82. The number of ether oxygens (including phenoxy) is 1. The summed E-state index contributed by atoms with van der Waals surface area (Å²) in [5, 5.41) is 13.3. The van der Waals surface area contributed by atoms with Gasteiger partial charge < -0.3 is 20.5 Å². The van der Waals surface area contributed by atoms with Gasteiger partial charge >= 0.3 is 11.8 Å². The summed E-state index contributed by atoms with van der Waals surface area (Å²) < 4.78 is 4.92. The normalized spacial score (nSPS) is 9.88. The fourth-order valence-corrected chi connectivity index (χ4v) is 0.943. The van der Waals surface area contributed by atoms with E-state index < -0.39 is 11.8 Å². The van der Waals surface area contributed by atoms with Crippen LogP contribution in [0.3, 0.4) is 0 Å². The van der Waals surface area contributed by atoms with E-state index in [2.05, 4.69) is 10.6 Å². The number of rotatable bonds is 8. The van der Waals surface area contributed by atoms with Gasteiger partial charge in [0.1, 0.15) is 0 Å². The van der Waals surface area contributed by atoms with Crippen molar-refractivity contribution in [3.63, 3.8) is 0 Å². The first-order valence-electron chi connectivity index (χ1n) is 5.47. The minimum Gasteiger partial charge on any atom is -0.394 e. The highest BCUT2D eigenvalue weighted by molar-refractivity contribution is 6.35. The standard InChI is InChI=1S/C10H20N2O4/c1-2-3-4-11-9(14)10(15)12-5-7-16-8-6-13/h13H,2-8H2,1H3,(H,11,14)(H,12,15). The second kappa shape index (κ2) is 10.4. The van der Waals surface area contributed by atoms with Crippen molar-refractivity contribution in [3.8, 4) is 0 Å². The summed E-state index contributed by atoms with van der Waals surface area (Å²) in [7, 11) is 0. The molecule has 0 unspecified atom stereocenters. The van der Waals surface area contributed by atoms with E-state index in [1.807, 2.05) is 6.92 Å². The molecule has 0 rings (SSSR count). The number of hydrogen-bond donors (Lipinski definition) is 3. The summed E-state index contributed by atoms with van der Waals surface area (Å²) in [5.74, 6) is -1.26. The molecule has 94 valence electrons. The predicted molar refractivity (Wildman–Crippen MR) is 58.8 cm³/mol. The molecule has 0 atom stereocenters. The zero-order valence-electron chi connectivity index (χ0n) is 9.62. The third kappa shape index (κ3) is 8.19. The minimum atomic E-state index is -0.649. The van der Waals surface area contributed by atoms with Crippen molar-refractivity contribution in [1.29, 1.82) is 0 Å². The molecule has 6 nitrogen and oxygen atoms in total. The van der Waals surface area contributed by atoms with E-state index >= 15 is 0 Å². The van der Waals surface area contributed by atoms with Gasteiger partial charge in [0.15, 0.2) is 0 Å². The van der Waals surface area contributed by atoms with Crippen LogP contribution in [0.25, 0.3) is 0 Å². The number of nitrogens with one attached hydrogen (secondary N) is 2. The zero-order valence-corrected chi connectivity index (χ0v) is 9.62. The van der Waals surface area contributed by atoms with Gasteiger partial charge in [-0.3, -0.25) is 9.59 Å². The molecule has 0 saturated carbocycles. The van der Waals surface area contributed by atoms with Crippen LogP contribution in [-0.2, 0) is 14.3 Å². The minimum absolute atomic E-state index is 0.0501. The van der Waals surface area contributed by atoms with Gasteiger partial charge in [0.25, 0.3) is 0 Å². The molecular formula is C10H20N2O4. The Kier molecular flexibility index (Phi) is 9.64. The summed E-state index contributed by atoms with van der Waals surface area (Å²) in [6.45, 7) is 3.26. The summed E-state index contributed by atoms with van der Waals surface area (Å²) in [4.78, 5) is 22.3. The Bertz CT molecular complexity index is 209. The number of carbonyl (C=O) groups excluding carboxylic acids is 2. The fraction of sp³-hybridized carbons (Fsp3) is 0.800. The summed E-state index contributed by atoms with van der Waals surface area (Å²) >= 11 is 0. The molecule has 0 heterocycles. The summed E-state index contributed by atoms with van der Waals surface area (Å²) in [5.41, 5.74) is 0. The number of aliphatic hydroxyl groups is 1. The lowest BCUT2D eigenvalue weighted by molar-refractivity contribution is -0.139. The van der Waals surface area contributed by atoms with Gasteiger partial charge in [-0.1, -0.05) is 13.3 Å². The molecule has 0 aliphatic carbocycles. The van der Waals surface area contributed by atoms with Crippen LogP contribution in [0.1, 0.15) is 19.8 Å². The Labute approximate surface area is 95.4 Å². The van der Waals surface area contributed by atoms with E-state index in [9.17, 15) is 9.59 Å². The quantitative estimate of drug-likeness (QED) is 0.371. The monoisotopic (exact) mass is 232 g/mol. The van der Waals surface area contributed by atoms with Gasteiger partial charge in [0.05, 0.1) is 19.8 Å². The summed E-state index contributed by atoms with van der Waals surface area (Å²) in [6, 6.07) is 0. The van der Waals surface area contributed by atoms with Gasteiger partial charge in [-0.05, 0) is 6.42 Å². The molecule has 0 radical (unpaired) electrons. The molecule has 0 aromatic carbocycles. The molecule has 6 heteroatoms. The molecule has 0 aliphatic heterocycles. The molecule has 0 aliphatic rings. The van der Waals surface area contributed by atoms with E-state index in [1.165, 1.54) is 0 Å². The molecule has 0 aromatic rings. The topological polar surface area (TPSA) is 87.7 Å². The number of carbonyl (C=O) groups is 2. The van der Waals surface area contributed by atoms with Crippen molar-refractivity contribution in [1.82, 2.24) is 10.6 Å². The second-order valence-corrected chi connectivity index (χ2v) is 3.20. The van der Waals surface area contributed by atoms with Gasteiger partial charge in [-0.2, -0.15) is 0 Å². The van der Waals surface area contributed by atoms with Crippen molar-refractivity contribution in [3.05, 3.63) is 0 Å². The molecule has 0 saturated heterocycles. The van der Waals surface area contributed by atoms with E-state index in [-0.39, 0.29) is 26.4 Å². The van der Waals surface area contributed by atoms with Crippen LogP contribution in [0, 0.1) is 0 Å². The Hall–Kier alpha value is -1.14. The number of amides is 2. The molecule has 16 heavy (non-hydrogen) atoms. The maximum absolute atomic E-state index is 11.1. The van der Waals surface area contributed by atoms with E-state index in [0.29, 0.717) is 6.54 Å². The average Bonchev–Trinajstić information content (AvgIpc) is 2.28. The Balaban J connectivity index is 3.44. The zero-order chi connectivity index (χ0) is 12.2. The van der Waals surface area contributed by atoms with Crippen LogP contribution >= 0.6 is 0 Å². The summed E-state index contributed by atoms with van der Waals surface area (Å²) in [6.07, 6.45) is 1.83.